The number of methoxy groups -OCH3 is 1. The van der Waals surface area contributed by atoms with E-state index in [4.69, 9.17) is 18.6 Å². The number of esters is 1. The molecule has 8 nitrogen and oxygen atoms in total. The summed E-state index contributed by atoms with van der Waals surface area (Å²) in [5, 5.41) is 4.81. The molecule has 0 spiro atoms. The fourth-order valence-corrected chi connectivity index (χ4v) is 4.75. The van der Waals surface area contributed by atoms with Gasteiger partial charge in [-0.2, -0.15) is 5.10 Å². The molecule has 0 atom stereocenters. The van der Waals surface area contributed by atoms with Crippen molar-refractivity contribution >= 4 is 83.5 Å². The van der Waals surface area contributed by atoms with Crippen LogP contribution in [-0.2, 0) is 9.53 Å². The molecule has 0 aliphatic rings. The minimum Gasteiger partial charge on any atom is -0.493 e. The zero-order chi connectivity index (χ0) is 23.3. The molecule has 1 amide bonds. The van der Waals surface area contributed by atoms with Gasteiger partial charge in [-0.05, 0) is 75.8 Å². The highest BCUT2D eigenvalue weighted by Crippen LogP contribution is 2.33. The first-order valence-corrected chi connectivity index (χ1v) is 11.9. The minimum absolute atomic E-state index is 0.146. The summed E-state index contributed by atoms with van der Waals surface area (Å²) in [6.07, 6.45) is 1.45. The smallest absolute Gasteiger partial charge is 0.344 e. The average Bonchev–Trinajstić information content (AvgIpc) is 3.18. The average molecular weight is 680 g/mol. The van der Waals surface area contributed by atoms with E-state index in [1.54, 1.807) is 25.1 Å². The lowest BCUT2D eigenvalue weighted by molar-refractivity contribution is -0.145. The van der Waals surface area contributed by atoms with Crippen LogP contribution in [0.3, 0.4) is 0 Å². The Labute approximate surface area is 214 Å². The summed E-state index contributed by atoms with van der Waals surface area (Å²) in [4.78, 5) is 23.9. The van der Waals surface area contributed by atoms with Crippen molar-refractivity contribution in [2.24, 2.45) is 5.10 Å². The van der Waals surface area contributed by atoms with Crippen molar-refractivity contribution in [2.45, 2.75) is 6.92 Å². The van der Waals surface area contributed by atoms with Crippen LogP contribution in [0.4, 0.5) is 0 Å². The normalized spacial score (nSPS) is 11.0. The number of hydrazone groups is 1. The number of furan rings is 1. The van der Waals surface area contributed by atoms with E-state index >= 15 is 0 Å². The number of fused-ring (bicyclic) bond motifs is 1. The summed E-state index contributed by atoms with van der Waals surface area (Å²) in [6, 6.07) is 8.72. The number of amides is 1. The van der Waals surface area contributed by atoms with Crippen LogP contribution in [-0.4, -0.2) is 38.4 Å². The van der Waals surface area contributed by atoms with Gasteiger partial charge in [0, 0.05) is 19.9 Å². The van der Waals surface area contributed by atoms with E-state index in [0.717, 1.165) is 13.4 Å². The monoisotopic (exact) mass is 678 g/mol. The van der Waals surface area contributed by atoms with Crippen LogP contribution in [0, 0.1) is 3.57 Å². The molecule has 0 fully saturated rings. The molecule has 0 bridgehead atoms. The van der Waals surface area contributed by atoms with Crippen molar-refractivity contribution in [3.63, 3.8) is 0 Å². The van der Waals surface area contributed by atoms with E-state index in [2.05, 4.69) is 65.0 Å². The van der Waals surface area contributed by atoms with Gasteiger partial charge in [0.2, 0.25) is 0 Å². The second kappa shape index (κ2) is 11.1. The second-order valence-corrected chi connectivity index (χ2v) is 9.17. The minimum atomic E-state index is -0.484. The maximum Gasteiger partial charge on any atom is 0.344 e. The van der Waals surface area contributed by atoms with Gasteiger partial charge in [0.25, 0.3) is 0 Å². The second-order valence-electron chi connectivity index (χ2n) is 6.23. The fourth-order valence-electron chi connectivity index (χ4n) is 2.66. The SMILES string of the molecule is CCOC(=O)COc1cc(Br)c(/C=N\NC(=O)c2cc3cc(Br)cc(I)c3o2)cc1OC. The molecule has 1 aromatic heterocycles. The number of halogens is 3. The summed E-state index contributed by atoms with van der Waals surface area (Å²) in [7, 11) is 1.48. The molecule has 1 heterocycles. The highest BCUT2D eigenvalue weighted by Gasteiger charge is 2.15. The molecule has 3 rings (SSSR count). The van der Waals surface area contributed by atoms with Gasteiger partial charge in [-0.3, -0.25) is 4.79 Å². The third-order valence-corrected chi connectivity index (χ3v) is 6.01. The summed E-state index contributed by atoms with van der Waals surface area (Å²) < 4.78 is 23.7. The van der Waals surface area contributed by atoms with Crippen molar-refractivity contribution < 1.29 is 28.2 Å². The van der Waals surface area contributed by atoms with Crippen molar-refractivity contribution in [3.8, 4) is 11.5 Å². The first-order valence-electron chi connectivity index (χ1n) is 9.20. The zero-order valence-electron chi connectivity index (χ0n) is 16.9. The Bertz CT molecular complexity index is 1190. The Hall–Kier alpha value is -2.12. The molecule has 1 N–H and O–H groups in total. The third kappa shape index (κ3) is 6.01. The highest BCUT2D eigenvalue weighted by atomic mass is 127. The van der Waals surface area contributed by atoms with E-state index in [9.17, 15) is 9.59 Å². The van der Waals surface area contributed by atoms with Crippen molar-refractivity contribution in [1.82, 2.24) is 5.43 Å². The van der Waals surface area contributed by atoms with Crippen LogP contribution in [0.2, 0.25) is 0 Å². The van der Waals surface area contributed by atoms with Gasteiger partial charge in [-0.15, -0.1) is 0 Å². The number of rotatable bonds is 8. The number of nitrogens with zero attached hydrogens (tertiary/aromatic N) is 1. The number of hydrogen-bond donors (Lipinski definition) is 1. The van der Waals surface area contributed by atoms with Gasteiger partial charge in [0.05, 0.1) is 23.5 Å². The van der Waals surface area contributed by atoms with E-state index in [0.29, 0.717) is 27.1 Å². The van der Waals surface area contributed by atoms with Gasteiger partial charge in [0.15, 0.2) is 23.9 Å². The molecule has 0 saturated heterocycles. The Kier molecular flexibility index (Phi) is 8.54. The van der Waals surface area contributed by atoms with Crippen LogP contribution in [0.25, 0.3) is 11.0 Å². The van der Waals surface area contributed by atoms with E-state index in [-0.39, 0.29) is 19.0 Å². The molecule has 32 heavy (non-hydrogen) atoms. The van der Waals surface area contributed by atoms with Gasteiger partial charge >= 0.3 is 11.9 Å². The first-order chi connectivity index (χ1) is 15.3. The van der Waals surface area contributed by atoms with E-state index in [1.165, 1.54) is 13.3 Å². The van der Waals surface area contributed by atoms with Crippen LogP contribution in [0.1, 0.15) is 23.0 Å². The maximum absolute atomic E-state index is 12.4. The molecule has 0 unspecified atom stereocenters. The highest BCUT2D eigenvalue weighted by molar-refractivity contribution is 14.1. The maximum atomic E-state index is 12.4. The largest absolute Gasteiger partial charge is 0.493 e. The zero-order valence-corrected chi connectivity index (χ0v) is 22.2. The van der Waals surface area contributed by atoms with Crippen LogP contribution >= 0.6 is 54.5 Å². The molecule has 11 heteroatoms. The molecule has 0 aliphatic heterocycles. The van der Waals surface area contributed by atoms with Crippen molar-refractivity contribution in [3.05, 3.63) is 54.2 Å². The quantitative estimate of drug-likeness (QED) is 0.151. The number of carbonyl (C=O) groups is 2. The fraction of sp³-hybridized carbons (Fsp3) is 0.190. The summed E-state index contributed by atoms with van der Waals surface area (Å²) >= 11 is 8.99. The molecule has 3 aromatic rings. The predicted octanol–water partition coefficient (Wildman–Crippen LogP) is 5.28. The van der Waals surface area contributed by atoms with E-state index < -0.39 is 11.9 Å². The van der Waals surface area contributed by atoms with Crippen LogP contribution in [0.5, 0.6) is 11.5 Å². The molecule has 168 valence electrons. The van der Waals surface area contributed by atoms with Gasteiger partial charge < -0.3 is 18.6 Å². The molecule has 0 radical (unpaired) electrons. The summed E-state index contributed by atoms with van der Waals surface area (Å²) in [5.74, 6) is -0.0691. The summed E-state index contributed by atoms with van der Waals surface area (Å²) in [6.45, 7) is 1.75. The number of benzene rings is 2. The number of carbonyl (C=O) groups excluding carboxylic acids is 2. The Morgan fingerprint density at radius 2 is 1.97 bits per heavy atom. The number of hydrogen-bond acceptors (Lipinski definition) is 7. The van der Waals surface area contributed by atoms with E-state index in [1.807, 2.05) is 12.1 Å². The lowest BCUT2D eigenvalue weighted by Crippen LogP contribution is -2.17. The predicted molar refractivity (Wildman–Crippen MR) is 135 cm³/mol. The molecular weight excluding hydrogens is 663 g/mol. The molecule has 0 aliphatic carbocycles. The number of nitrogens with one attached hydrogen (secondary N) is 1. The lowest BCUT2D eigenvalue weighted by atomic mass is 10.2. The van der Waals surface area contributed by atoms with Crippen molar-refractivity contribution in [1.29, 1.82) is 0 Å². The first kappa shape index (κ1) is 24.5. The molecule has 2 aromatic carbocycles. The Balaban J connectivity index is 1.71. The van der Waals surface area contributed by atoms with Gasteiger partial charge in [0.1, 0.15) is 5.58 Å². The Morgan fingerprint density at radius 3 is 2.69 bits per heavy atom. The third-order valence-electron chi connectivity index (χ3n) is 4.06. The van der Waals surface area contributed by atoms with Gasteiger partial charge in [-0.1, -0.05) is 15.9 Å². The lowest BCUT2D eigenvalue weighted by Gasteiger charge is -2.12. The standard InChI is InChI=1S/C21H17Br2IN2O6/c1-3-30-19(27)10-31-17-8-14(23)12(6-16(17)29-2)9-25-26-21(28)18-5-11-4-13(22)7-15(24)20(11)32-18/h4-9H,3,10H2,1-2H3,(H,26,28)/b25-9-. The van der Waals surface area contributed by atoms with Crippen molar-refractivity contribution in [2.75, 3.05) is 20.3 Å². The Morgan fingerprint density at radius 1 is 1.19 bits per heavy atom. The molecular formula is C21H17Br2IN2O6. The van der Waals surface area contributed by atoms with Crippen LogP contribution in [0.15, 0.2) is 48.8 Å². The summed E-state index contributed by atoms with van der Waals surface area (Å²) in [5.41, 5.74) is 3.70. The number of ether oxygens (including phenoxy) is 3. The van der Waals surface area contributed by atoms with Gasteiger partial charge in [-0.25, -0.2) is 10.2 Å². The topological polar surface area (TPSA) is 99.4 Å². The molecule has 0 saturated carbocycles. The van der Waals surface area contributed by atoms with Crippen LogP contribution < -0.4 is 14.9 Å².